The molecule has 3 N–H and O–H groups in total. The van der Waals surface area contributed by atoms with Crippen molar-refractivity contribution >= 4 is 11.9 Å². The van der Waals surface area contributed by atoms with Gasteiger partial charge in [0.1, 0.15) is 6.04 Å². The van der Waals surface area contributed by atoms with Crippen LogP contribution < -0.4 is 11.1 Å². The topological polar surface area (TPSA) is 70.7 Å². The minimum absolute atomic E-state index is 0.138. The highest BCUT2D eigenvalue weighted by atomic mass is 16.2. The molecule has 1 aliphatic carbocycles. The Morgan fingerprint density at radius 3 is 2.47 bits per heavy atom. The molecule has 0 aromatic carbocycles. The molecule has 0 aromatic rings. The van der Waals surface area contributed by atoms with Crippen LogP contribution >= 0.6 is 0 Å². The van der Waals surface area contributed by atoms with E-state index in [4.69, 9.17) is 5.73 Å². The van der Waals surface area contributed by atoms with E-state index in [1.54, 1.807) is 0 Å². The zero-order chi connectivity index (χ0) is 13.7. The molecule has 5 nitrogen and oxygen atoms in total. The standard InChI is InChI=1S/C14H26N4O/c1-11(13(19)18-9-5-6-10-18)16-14(15)17-12-7-3-2-4-8-12/h11-12H,2-10H2,1H3,(H3,15,16,17). The Morgan fingerprint density at radius 1 is 1.21 bits per heavy atom. The first kappa shape index (κ1) is 14.2. The molecule has 0 spiro atoms. The van der Waals surface area contributed by atoms with Gasteiger partial charge in [0.05, 0.1) is 6.04 Å². The number of hydrogen-bond acceptors (Lipinski definition) is 2. The van der Waals surface area contributed by atoms with Gasteiger partial charge in [-0.2, -0.15) is 0 Å². The number of nitrogens with two attached hydrogens (primary N) is 1. The van der Waals surface area contributed by atoms with Gasteiger partial charge >= 0.3 is 0 Å². The van der Waals surface area contributed by atoms with Crippen molar-refractivity contribution in [3.8, 4) is 0 Å². The van der Waals surface area contributed by atoms with Gasteiger partial charge in [0.2, 0.25) is 5.91 Å². The van der Waals surface area contributed by atoms with Crippen LogP contribution in [0.5, 0.6) is 0 Å². The molecule has 0 radical (unpaired) electrons. The molecule has 108 valence electrons. The Labute approximate surface area is 115 Å². The van der Waals surface area contributed by atoms with Gasteiger partial charge in [-0.1, -0.05) is 19.3 Å². The summed E-state index contributed by atoms with van der Waals surface area (Å²) in [6.07, 6.45) is 8.26. The number of carbonyl (C=O) groups excluding carboxylic acids is 1. The van der Waals surface area contributed by atoms with Gasteiger partial charge in [0.15, 0.2) is 5.96 Å². The molecule has 5 heteroatoms. The fourth-order valence-corrected chi connectivity index (χ4v) is 2.94. The molecule has 1 saturated carbocycles. The third kappa shape index (κ3) is 4.11. The molecule has 1 heterocycles. The van der Waals surface area contributed by atoms with Crippen LogP contribution in [0.3, 0.4) is 0 Å². The molecule has 2 aliphatic rings. The third-order valence-electron chi connectivity index (χ3n) is 4.05. The molecule has 19 heavy (non-hydrogen) atoms. The summed E-state index contributed by atoms with van der Waals surface area (Å²) in [5.41, 5.74) is 5.91. The van der Waals surface area contributed by atoms with Crippen molar-refractivity contribution in [1.82, 2.24) is 10.2 Å². The lowest BCUT2D eigenvalue weighted by molar-refractivity contribution is -0.131. The molecule has 2 fully saturated rings. The number of amides is 1. The first-order valence-electron chi connectivity index (χ1n) is 7.55. The maximum Gasteiger partial charge on any atom is 0.244 e. The average molecular weight is 266 g/mol. The first-order valence-corrected chi connectivity index (χ1v) is 7.55. The van der Waals surface area contributed by atoms with E-state index in [2.05, 4.69) is 10.3 Å². The molecule has 2 rings (SSSR count). The largest absolute Gasteiger partial charge is 0.370 e. The lowest BCUT2D eigenvalue weighted by Gasteiger charge is -2.23. The molecule has 1 atom stereocenters. The Morgan fingerprint density at radius 2 is 1.84 bits per heavy atom. The SMILES string of the molecule is CC(NC(N)=NC1CCCCC1)C(=O)N1CCCC1. The van der Waals surface area contributed by atoms with E-state index in [1.807, 2.05) is 11.8 Å². The summed E-state index contributed by atoms with van der Waals surface area (Å²) in [5, 5.41) is 3.04. The van der Waals surface area contributed by atoms with Crippen molar-refractivity contribution < 1.29 is 4.79 Å². The van der Waals surface area contributed by atoms with Crippen molar-refractivity contribution in [2.45, 2.75) is 64.0 Å². The monoisotopic (exact) mass is 266 g/mol. The van der Waals surface area contributed by atoms with Crippen LogP contribution in [0.4, 0.5) is 0 Å². The number of nitrogens with one attached hydrogen (secondary N) is 1. The highest BCUT2D eigenvalue weighted by molar-refractivity contribution is 5.88. The zero-order valence-electron chi connectivity index (χ0n) is 11.9. The van der Waals surface area contributed by atoms with Gasteiger partial charge in [-0.15, -0.1) is 0 Å². The fraction of sp³-hybridized carbons (Fsp3) is 0.857. The second-order valence-electron chi connectivity index (χ2n) is 5.70. The van der Waals surface area contributed by atoms with Crippen molar-refractivity contribution in [2.24, 2.45) is 10.7 Å². The summed E-state index contributed by atoms with van der Waals surface area (Å²) in [5.74, 6) is 0.561. The second kappa shape index (κ2) is 6.78. The number of nitrogens with zero attached hydrogens (tertiary/aromatic N) is 2. The molecule has 0 aromatic heterocycles. The Balaban J connectivity index is 1.81. The number of aliphatic imine (C=N–C) groups is 1. The molecule has 1 saturated heterocycles. The summed E-state index contributed by atoms with van der Waals surface area (Å²) in [7, 11) is 0. The Hall–Kier alpha value is -1.26. The van der Waals surface area contributed by atoms with Crippen LogP contribution in [0.15, 0.2) is 4.99 Å². The molecular formula is C14H26N4O. The van der Waals surface area contributed by atoms with Gasteiger partial charge in [-0.25, -0.2) is 0 Å². The minimum atomic E-state index is -0.273. The van der Waals surface area contributed by atoms with Crippen LogP contribution in [0.2, 0.25) is 0 Å². The lowest BCUT2D eigenvalue weighted by atomic mass is 9.96. The summed E-state index contributed by atoms with van der Waals surface area (Å²) >= 11 is 0. The van der Waals surface area contributed by atoms with Gasteiger partial charge in [0.25, 0.3) is 0 Å². The highest BCUT2D eigenvalue weighted by Gasteiger charge is 2.23. The second-order valence-corrected chi connectivity index (χ2v) is 5.70. The summed E-state index contributed by atoms with van der Waals surface area (Å²) in [6, 6.07) is 0.0702. The van der Waals surface area contributed by atoms with Gasteiger partial charge in [0, 0.05) is 13.1 Å². The quantitative estimate of drug-likeness (QED) is 0.596. The van der Waals surface area contributed by atoms with E-state index in [-0.39, 0.29) is 11.9 Å². The summed E-state index contributed by atoms with van der Waals surface area (Å²) < 4.78 is 0. The van der Waals surface area contributed by atoms with Crippen LogP contribution in [0.1, 0.15) is 51.9 Å². The normalized spacial score (nSPS) is 23.4. The van der Waals surface area contributed by atoms with E-state index in [0.29, 0.717) is 12.0 Å². The average Bonchev–Trinajstić information content (AvgIpc) is 2.92. The van der Waals surface area contributed by atoms with E-state index >= 15 is 0 Å². The van der Waals surface area contributed by atoms with Crippen LogP contribution in [-0.4, -0.2) is 41.9 Å². The van der Waals surface area contributed by atoms with Crippen LogP contribution in [0, 0.1) is 0 Å². The fourth-order valence-electron chi connectivity index (χ4n) is 2.94. The third-order valence-corrected chi connectivity index (χ3v) is 4.05. The Kier molecular flexibility index (Phi) is 5.05. The number of likely N-dealkylation sites (tertiary alicyclic amines) is 1. The van der Waals surface area contributed by atoms with Crippen molar-refractivity contribution in [3.63, 3.8) is 0 Å². The number of hydrogen-bond donors (Lipinski definition) is 2. The van der Waals surface area contributed by atoms with Crippen molar-refractivity contribution in [1.29, 1.82) is 0 Å². The van der Waals surface area contributed by atoms with E-state index in [0.717, 1.165) is 38.8 Å². The molecule has 1 aliphatic heterocycles. The summed E-state index contributed by atoms with van der Waals surface area (Å²) in [6.45, 7) is 3.62. The van der Waals surface area contributed by atoms with Crippen LogP contribution in [-0.2, 0) is 4.79 Å². The Bertz CT molecular complexity index is 330. The van der Waals surface area contributed by atoms with E-state index in [1.165, 1.54) is 19.3 Å². The predicted molar refractivity (Wildman–Crippen MR) is 76.9 cm³/mol. The van der Waals surface area contributed by atoms with E-state index < -0.39 is 0 Å². The molecule has 0 bridgehead atoms. The molecular weight excluding hydrogens is 240 g/mol. The van der Waals surface area contributed by atoms with Gasteiger partial charge in [-0.3, -0.25) is 9.79 Å². The van der Waals surface area contributed by atoms with Crippen molar-refractivity contribution in [3.05, 3.63) is 0 Å². The smallest absolute Gasteiger partial charge is 0.244 e. The first-order chi connectivity index (χ1) is 9.16. The van der Waals surface area contributed by atoms with Gasteiger partial charge < -0.3 is 16.0 Å². The van der Waals surface area contributed by atoms with Gasteiger partial charge in [-0.05, 0) is 32.6 Å². The van der Waals surface area contributed by atoms with E-state index in [9.17, 15) is 4.79 Å². The number of carbonyl (C=O) groups is 1. The molecule has 1 amide bonds. The van der Waals surface area contributed by atoms with Crippen LogP contribution in [0.25, 0.3) is 0 Å². The minimum Gasteiger partial charge on any atom is -0.370 e. The summed E-state index contributed by atoms with van der Waals surface area (Å²) in [4.78, 5) is 18.5. The highest BCUT2D eigenvalue weighted by Crippen LogP contribution is 2.20. The lowest BCUT2D eigenvalue weighted by Crippen LogP contribution is -2.48. The predicted octanol–water partition coefficient (Wildman–Crippen LogP) is 1.23. The van der Waals surface area contributed by atoms with Crippen molar-refractivity contribution in [2.75, 3.05) is 13.1 Å². The maximum atomic E-state index is 12.1. The number of guanidine groups is 1. The maximum absolute atomic E-state index is 12.1. The molecule has 1 unspecified atom stereocenters. The zero-order valence-corrected chi connectivity index (χ0v) is 11.9. The number of rotatable bonds is 3.